The Hall–Kier alpha value is -1.79. The highest BCUT2D eigenvalue weighted by molar-refractivity contribution is 5.89. The molecular weight excluding hydrogens is 407 g/mol. The third-order valence-electron chi connectivity index (χ3n) is 5.07. The Morgan fingerprint density at radius 3 is 2.45 bits per heavy atom. The van der Waals surface area contributed by atoms with E-state index < -0.39 is 0 Å². The largest absolute Gasteiger partial charge is 0.326 e. The van der Waals surface area contributed by atoms with Crippen molar-refractivity contribution < 1.29 is 4.79 Å². The van der Waals surface area contributed by atoms with E-state index in [0.29, 0.717) is 6.54 Å². The zero-order chi connectivity index (χ0) is 18.9. The molecule has 1 aliphatic rings. The van der Waals surface area contributed by atoms with Crippen molar-refractivity contribution in [2.75, 3.05) is 38.0 Å². The summed E-state index contributed by atoms with van der Waals surface area (Å²) in [5, 5.41) is 3.01. The van der Waals surface area contributed by atoms with Gasteiger partial charge < -0.3 is 20.9 Å². The number of hydrogen-bond acceptors (Lipinski definition) is 3. The lowest BCUT2D eigenvalue weighted by Crippen LogP contribution is -2.38. The second kappa shape index (κ2) is 13.4. The van der Waals surface area contributed by atoms with Gasteiger partial charge in [0.25, 0.3) is 0 Å². The Morgan fingerprint density at radius 2 is 1.69 bits per heavy atom. The van der Waals surface area contributed by atoms with Crippen LogP contribution in [0.4, 0.5) is 10.5 Å². The molecule has 0 radical (unpaired) electrons. The number of amides is 2. The number of urea groups is 1. The molecule has 2 amide bonds. The first-order chi connectivity index (χ1) is 13.2. The second-order valence-corrected chi connectivity index (χ2v) is 7.11. The van der Waals surface area contributed by atoms with Crippen LogP contribution < -0.4 is 11.1 Å². The molecule has 0 unspecified atom stereocenters. The maximum atomic E-state index is 12.6. The van der Waals surface area contributed by atoms with Gasteiger partial charge in [-0.1, -0.05) is 42.5 Å². The van der Waals surface area contributed by atoms with E-state index in [1.54, 1.807) is 0 Å². The van der Waals surface area contributed by atoms with Crippen molar-refractivity contribution >= 4 is 36.5 Å². The lowest BCUT2D eigenvalue weighted by molar-refractivity contribution is 0.211. The van der Waals surface area contributed by atoms with Gasteiger partial charge in [0, 0.05) is 31.9 Å². The molecule has 7 heteroatoms. The number of nitrogens with zero attached hydrogens (tertiary/aromatic N) is 2. The van der Waals surface area contributed by atoms with E-state index in [2.05, 4.69) is 40.5 Å². The van der Waals surface area contributed by atoms with Gasteiger partial charge in [-0.2, -0.15) is 0 Å². The zero-order valence-corrected chi connectivity index (χ0v) is 18.4. The number of halogens is 2. The maximum Gasteiger partial charge on any atom is 0.321 e. The molecule has 3 N–H and O–H groups in total. The van der Waals surface area contributed by atoms with Gasteiger partial charge >= 0.3 is 6.03 Å². The lowest BCUT2D eigenvalue weighted by atomic mass is 10.1. The first-order valence-electron chi connectivity index (χ1n) is 9.86. The highest BCUT2D eigenvalue weighted by Crippen LogP contribution is 2.13. The molecule has 2 aromatic carbocycles. The number of hydrogen-bond donors (Lipinski definition) is 2. The highest BCUT2D eigenvalue weighted by atomic mass is 35.5. The molecule has 5 nitrogen and oxygen atoms in total. The van der Waals surface area contributed by atoms with Crippen LogP contribution in [0.5, 0.6) is 0 Å². The molecule has 0 aliphatic carbocycles. The molecule has 3 rings (SSSR count). The molecular formula is C22H32Cl2N4O. The van der Waals surface area contributed by atoms with Gasteiger partial charge in [0.1, 0.15) is 0 Å². The fourth-order valence-electron chi connectivity index (χ4n) is 3.53. The summed E-state index contributed by atoms with van der Waals surface area (Å²) in [5.74, 6) is 0. The van der Waals surface area contributed by atoms with Gasteiger partial charge in [0.05, 0.1) is 0 Å². The third kappa shape index (κ3) is 8.23. The minimum atomic E-state index is -0.0182. The smallest absolute Gasteiger partial charge is 0.321 e. The van der Waals surface area contributed by atoms with Gasteiger partial charge in [-0.3, -0.25) is 0 Å². The van der Waals surface area contributed by atoms with Crippen LogP contribution in [0.1, 0.15) is 24.0 Å². The number of carbonyl (C=O) groups is 1. The molecule has 0 saturated carbocycles. The van der Waals surface area contributed by atoms with Crippen molar-refractivity contribution in [1.29, 1.82) is 0 Å². The molecule has 1 fully saturated rings. The SMILES string of the molecule is Cl.Cl.NCc1cccc(NC(=O)N2CCCN(CCCc3ccccc3)CC2)c1. The molecule has 1 aliphatic heterocycles. The van der Waals surface area contributed by atoms with E-state index >= 15 is 0 Å². The number of rotatable bonds is 6. The van der Waals surface area contributed by atoms with E-state index in [4.69, 9.17) is 5.73 Å². The van der Waals surface area contributed by atoms with E-state index in [0.717, 1.165) is 63.2 Å². The topological polar surface area (TPSA) is 61.6 Å². The number of carbonyl (C=O) groups excluding carboxylic acids is 1. The average molecular weight is 439 g/mol. The van der Waals surface area contributed by atoms with Crippen molar-refractivity contribution in [2.24, 2.45) is 5.73 Å². The minimum Gasteiger partial charge on any atom is -0.326 e. The first-order valence-corrected chi connectivity index (χ1v) is 9.86. The molecule has 160 valence electrons. The van der Waals surface area contributed by atoms with Crippen LogP contribution in [0.2, 0.25) is 0 Å². The molecule has 0 atom stereocenters. The van der Waals surface area contributed by atoms with Crippen molar-refractivity contribution in [1.82, 2.24) is 9.80 Å². The summed E-state index contributed by atoms with van der Waals surface area (Å²) in [5.41, 5.74) is 8.91. The van der Waals surface area contributed by atoms with Crippen LogP contribution in [-0.4, -0.2) is 48.6 Å². The van der Waals surface area contributed by atoms with E-state index in [1.165, 1.54) is 5.56 Å². The summed E-state index contributed by atoms with van der Waals surface area (Å²) in [6, 6.07) is 18.4. The van der Waals surface area contributed by atoms with Crippen LogP contribution >= 0.6 is 24.8 Å². The summed E-state index contributed by atoms with van der Waals surface area (Å²) < 4.78 is 0. The number of anilines is 1. The number of nitrogens with one attached hydrogen (secondary N) is 1. The predicted octanol–water partition coefficient (Wildman–Crippen LogP) is 4.16. The Labute approximate surface area is 186 Å². The van der Waals surface area contributed by atoms with Crippen LogP contribution in [0, 0.1) is 0 Å². The number of aryl methyl sites for hydroxylation is 1. The molecule has 29 heavy (non-hydrogen) atoms. The van der Waals surface area contributed by atoms with Gasteiger partial charge in [-0.15, -0.1) is 24.8 Å². The van der Waals surface area contributed by atoms with E-state index in [1.807, 2.05) is 29.2 Å². The van der Waals surface area contributed by atoms with Gasteiger partial charge in [-0.05, 0) is 55.6 Å². The Kier molecular flexibility index (Phi) is 11.7. The Balaban J connectivity index is 0.00000210. The molecule has 0 aromatic heterocycles. The normalized spacial score (nSPS) is 14.3. The molecule has 1 saturated heterocycles. The highest BCUT2D eigenvalue weighted by Gasteiger charge is 2.19. The molecule has 0 spiro atoms. The van der Waals surface area contributed by atoms with Crippen LogP contribution in [0.25, 0.3) is 0 Å². The molecule has 0 bridgehead atoms. The van der Waals surface area contributed by atoms with Crippen LogP contribution in [0.3, 0.4) is 0 Å². The maximum absolute atomic E-state index is 12.6. The van der Waals surface area contributed by atoms with Gasteiger partial charge in [0.15, 0.2) is 0 Å². The quantitative estimate of drug-likeness (QED) is 0.711. The average Bonchev–Trinajstić information content (AvgIpc) is 2.95. The summed E-state index contributed by atoms with van der Waals surface area (Å²) in [6.07, 6.45) is 3.28. The Bertz CT molecular complexity index is 730. The van der Waals surface area contributed by atoms with Crippen LogP contribution in [0.15, 0.2) is 54.6 Å². The Morgan fingerprint density at radius 1 is 0.931 bits per heavy atom. The zero-order valence-electron chi connectivity index (χ0n) is 16.8. The van der Waals surface area contributed by atoms with Gasteiger partial charge in [-0.25, -0.2) is 4.79 Å². The summed E-state index contributed by atoms with van der Waals surface area (Å²) in [4.78, 5) is 17.0. The van der Waals surface area contributed by atoms with Crippen molar-refractivity contribution in [3.63, 3.8) is 0 Å². The van der Waals surface area contributed by atoms with Crippen molar-refractivity contribution in [2.45, 2.75) is 25.8 Å². The third-order valence-corrected chi connectivity index (χ3v) is 5.07. The van der Waals surface area contributed by atoms with Crippen LogP contribution in [-0.2, 0) is 13.0 Å². The second-order valence-electron chi connectivity index (χ2n) is 7.11. The van der Waals surface area contributed by atoms with Crippen molar-refractivity contribution in [3.05, 3.63) is 65.7 Å². The fraction of sp³-hybridized carbons (Fsp3) is 0.409. The van der Waals surface area contributed by atoms with E-state index in [-0.39, 0.29) is 30.8 Å². The fourth-order valence-corrected chi connectivity index (χ4v) is 3.53. The lowest BCUT2D eigenvalue weighted by Gasteiger charge is -2.22. The summed E-state index contributed by atoms with van der Waals surface area (Å²) in [7, 11) is 0. The van der Waals surface area contributed by atoms with Gasteiger partial charge in [0.2, 0.25) is 0 Å². The summed E-state index contributed by atoms with van der Waals surface area (Å²) >= 11 is 0. The molecule has 2 aromatic rings. The number of benzene rings is 2. The predicted molar refractivity (Wildman–Crippen MR) is 125 cm³/mol. The minimum absolute atomic E-state index is 0. The standard InChI is InChI=1S/C22H30N4O.2ClH/c23-18-20-9-4-11-21(17-20)24-22(27)26-14-6-13-25(15-16-26)12-5-10-19-7-2-1-3-8-19;;/h1-4,7-9,11,17H,5-6,10,12-16,18,23H2,(H,24,27);2*1H. The van der Waals surface area contributed by atoms with E-state index in [9.17, 15) is 4.79 Å². The van der Waals surface area contributed by atoms with Crippen molar-refractivity contribution in [3.8, 4) is 0 Å². The molecule has 1 heterocycles. The summed E-state index contributed by atoms with van der Waals surface area (Å²) in [6.45, 7) is 5.13. The number of nitrogens with two attached hydrogens (primary N) is 1. The first kappa shape index (κ1) is 25.2. The monoisotopic (exact) mass is 438 g/mol.